The molecule has 0 aliphatic heterocycles. The SMILES string of the molecule is COc1cc2nc(Cl)nc(NC3CCCCC3C)c2cc1OC. The Kier molecular flexibility index (Phi) is 4.76. The van der Waals surface area contributed by atoms with Crippen LogP contribution in [0.15, 0.2) is 12.1 Å². The van der Waals surface area contributed by atoms with E-state index in [1.807, 2.05) is 12.1 Å². The lowest BCUT2D eigenvalue weighted by molar-refractivity contribution is 0.349. The molecule has 1 N–H and O–H groups in total. The molecule has 1 fully saturated rings. The van der Waals surface area contributed by atoms with Crippen molar-refractivity contribution in [3.63, 3.8) is 0 Å². The zero-order chi connectivity index (χ0) is 16.4. The van der Waals surface area contributed by atoms with E-state index in [-0.39, 0.29) is 5.28 Å². The predicted octanol–water partition coefficient (Wildman–Crippen LogP) is 4.29. The first-order valence-corrected chi connectivity index (χ1v) is 8.36. The summed E-state index contributed by atoms with van der Waals surface area (Å²) >= 11 is 6.11. The zero-order valence-corrected chi connectivity index (χ0v) is 14.5. The molecule has 0 spiro atoms. The van der Waals surface area contributed by atoms with Crippen LogP contribution in [0, 0.1) is 5.92 Å². The number of halogens is 1. The van der Waals surface area contributed by atoms with E-state index in [1.165, 1.54) is 19.3 Å². The average Bonchev–Trinajstić information content (AvgIpc) is 2.55. The Labute approximate surface area is 141 Å². The number of fused-ring (bicyclic) bond motifs is 1. The molecule has 0 bridgehead atoms. The number of methoxy groups -OCH3 is 2. The number of benzene rings is 1. The molecule has 5 nitrogen and oxygen atoms in total. The minimum atomic E-state index is 0.232. The summed E-state index contributed by atoms with van der Waals surface area (Å²) in [5.74, 6) is 2.67. The number of hydrogen-bond acceptors (Lipinski definition) is 5. The van der Waals surface area contributed by atoms with Gasteiger partial charge in [-0.2, -0.15) is 0 Å². The minimum absolute atomic E-state index is 0.232. The fourth-order valence-electron chi connectivity index (χ4n) is 3.24. The van der Waals surface area contributed by atoms with Gasteiger partial charge in [-0.05, 0) is 36.4 Å². The van der Waals surface area contributed by atoms with Gasteiger partial charge in [-0.25, -0.2) is 9.97 Å². The summed E-state index contributed by atoms with van der Waals surface area (Å²) < 4.78 is 10.7. The summed E-state index contributed by atoms with van der Waals surface area (Å²) in [7, 11) is 3.23. The monoisotopic (exact) mass is 335 g/mol. The standard InChI is InChI=1S/C17H22ClN3O2/c1-10-6-4-5-7-12(10)19-16-11-8-14(22-2)15(23-3)9-13(11)20-17(18)21-16/h8-10,12H,4-7H2,1-3H3,(H,19,20,21). The Bertz CT molecular complexity index is 708. The van der Waals surface area contributed by atoms with E-state index in [0.717, 1.165) is 23.1 Å². The van der Waals surface area contributed by atoms with E-state index in [4.69, 9.17) is 21.1 Å². The Morgan fingerprint density at radius 3 is 2.48 bits per heavy atom. The van der Waals surface area contributed by atoms with Crippen molar-refractivity contribution in [1.29, 1.82) is 0 Å². The van der Waals surface area contributed by atoms with Crippen molar-refractivity contribution in [1.82, 2.24) is 9.97 Å². The van der Waals surface area contributed by atoms with Crippen LogP contribution >= 0.6 is 11.6 Å². The van der Waals surface area contributed by atoms with Crippen LogP contribution in [0.3, 0.4) is 0 Å². The summed E-state index contributed by atoms with van der Waals surface area (Å²) in [4.78, 5) is 8.72. The number of nitrogens with zero attached hydrogens (tertiary/aromatic N) is 2. The molecule has 1 aliphatic carbocycles. The lowest BCUT2D eigenvalue weighted by atomic mass is 9.86. The van der Waals surface area contributed by atoms with Gasteiger partial charge in [-0.3, -0.25) is 0 Å². The normalized spacial score (nSPS) is 21.2. The van der Waals surface area contributed by atoms with Gasteiger partial charge in [0.1, 0.15) is 5.82 Å². The second-order valence-electron chi connectivity index (χ2n) is 6.08. The van der Waals surface area contributed by atoms with E-state index in [2.05, 4.69) is 22.2 Å². The maximum absolute atomic E-state index is 6.11. The van der Waals surface area contributed by atoms with Gasteiger partial charge < -0.3 is 14.8 Å². The van der Waals surface area contributed by atoms with E-state index in [0.29, 0.717) is 23.5 Å². The Morgan fingerprint density at radius 1 is 1.09 bits per heavy atom. The first-order valence-electron chi connectivity index (χ1n) is 7.98. The fraction of sp³-hybridized carbons (Fsp3) is 0.529. The first kappa shape index (κ1) is 16.1. The van der Waals surface area contributed by atoms with Gasteiger partial charge in [0.2, 0.25) is 5.28 Å². The first-order chi connectivity index (χ1) is 11.1. The van der Waals surface area contributed by atoms with Gasteiger partial charge in [-0.1, -0.05) is 19.8 Å². The van der Waals surface area contributed by atoms with E-state index >= 15 is 0 Å². The fourth-order valence-corrected chi connectivity index (χ4v) is 3.42. The maximum atomic E-state index is 6.11. The quantitative estimate of drug-likeness (QED) is 0.844. The summed E-state index contributed by atoms with van der Waals surface area (Å²) in [6, 6.07) is 4.14. The second kappa shape index (κ2) is 6.79. The van der Waals surface area contributed by atoms with Crippen molar-refractivity contribution in [2.75, 3.05) is 19.5 Å². The summed E-state index contributed by atoms with van der Waals surface area (Å²) in [5, 5.41) is 4.70. The predicted molar refractivity (Wildman–Crippen MR) is 92.7 cm³/mol. The van der Waals surface area contributed by atoms with Crippen molar-refractivity contribution in [3.05, 3.63) is 17.4 Å². The molecule has 3 rings (SSSR count). The average molecular weight is 336 g/mol. The van der Waals surface area contributed by atoms with Crippen LogP contribution in [0.25, 0.3) is 10.9 Å². The lowest BCUT2D eigenvalue weighted by Crippen LogP contribution is -2.30. The second-order valence-corrected chi connectivity index (χ2v) is 6.42. The Balaban J connectivity index is 2.04. The molecular weight excluding hydrogens is 314 g/mol. The molecule has 1 saturated carbocycles. The maximum Gasteiger partial charge on any atom is 0.224 e. The molecule has 1 aliphatic rings. The lowest BCUT2D eigenvalue weighted by Gasteiger charge is -2.30. The highest BCUT2D eigenvalue weighted by atomic mass is 35.5. The third kappa shape index (κ3) is 3.29. The number of rotatable bonds is 4. The van der Waals surface area contributed by atoms with Gasteiger partial charge in [-0.15, -0.1) is 0 Å². The van der Waals surface area contributed by atoms with Gasteiger partial charge in [0.05, 0.1) is 19.7 Å². The van der Waals surface area contributed by atoms with Gasteiger partial charge in [0.25, 0.3) is 0 Å². The zero-order valence-electron chi connectivity index (χ0n) is 13.7. The van der Waals surface area contributed by atoms with Crippen LogP contribution in [0.4, 0.5) is 5.82 Å². The largest absolute Gasteiger partial charge is 0.493 e. The van der Waals surface area contributed by atoms with Crippen molar-refractivity contribution in [2.24, 2.45) is 5.92 Å². The number of aromatic nitrogens is 2. The third-order valence-corrected chi connectivity index (χ3v) is 4.78. The number of anilines is 1. The van der Waals surface area contributed by atoms with Gasteiger partial charge in [0, 0.05) is 17.5 Å². The number of ether oxygens (including phenoxy) is 2. The highest BCUT2D eigenvalue weighted by Gasteiger charge is 2.23. The molecule has 0 radical (unpaired) electrons. The van der Waals surface area contributed by atoms with E-state index in [1.54, 1.807) is 14.2 Å². The van der Waals surface area contributed by atoms with Crippen LogP contribution in [-0.4, -0.2) is 30.2 Å². The Morgan fingerprint density at radius 2 is 1.78 bits per heavy atom. The van der Waals surface area contributed by atoms with E-state index < -0.39 is 0 Å². The molecule has 124 valence electrons. The van der Waals surface area contributed by atoms with Crippen molar-refractivity contribution >= 4 is 28.3 Å². The summed E-state index contributed by atoms with van der Waals surface area (Å²) in [6.45, 7) is 2.28. The van der Waals surface area contributed by atoms with Crippen LogP contribution in [0.1, 0.15) is 32.6 Å². The smallest absolute Gasteiger partial charge is 0.224 e. The van der Waals surface area contributed by atoms with Gasteiger partial charge >= 0.3 is 0 Å². The molecule has 1 aromatic heterocycles. The van der Waals surface area contributed by atoms with Crippen LogP contribution in [-0.2, 0) is 0 Å². The van der Waals surface area contributed by atoms with Gasteiger partial charge in [0.15, 0.2) is 11.5 Å². The molecule has 2 aromatic rings. The summed E-state index contributed by atoms with van der Waals surface area (Å²) in [5.41, 5.74) is 0.744. The highest BCUT2D eigenvalue weighted by molar-refractivity contribution is 6.28. The molecule has 1 heterocycles. The minimum Gasteiger partial charge on any atom is -0.493 e. The molecule has 23 heavy (non-hydrogen) atoms. The topological polar surface area (TPSA) is 56.3 Å². The molecule has 6 heteroatoms. The van der Waals surface area contributed by atoms with Crippen LogP contribution in [0.5, 0.6) is 11.5 Å². The number of nitrogens with one attached hydrogen (secondary N) is 1. The third-order valence-electron chi connectivity index (χ3n) is 4.61. The van der Waals surface area contributed by atoms with E-state index in [9.17, 15) is 0 Å². The van der Waals surface area contributed by atoms with Crippen molar-refractivity contribution in [3.8, 4) is 11.5 Å². The molecular formula is C17H22ClN3O2. The molecule has 2 unspecified atom stereocenters. The highest BCUT2D eigenvalue weighted by Crippen LogP contribution is 2.36. The Hall–Kier alpha value is -1.75. The van der Waals surface area contributed by atoms with Crippen LogP contribution < -0.4 is 14.8 Å². The molecule has 2 atom stereocenters. The summed E-state index contributed by atoms with van der Waals surface area (Å²) in [6.07, 6.45) is 4.94. The molecule has 0 amide bonds. The van der Waals surface area contributed by atoms with Crippen LogP contribution in [0.2, 0.25) is 5.28 Å². The van der Waals surface area contributed by atoms with Crippen molar-refractivity contribution < 1.29 is 9.47 Å². The number of hydrogen-bond donors (Lipinski definition) is 1. The molecule has 0 saturated heterocycles. The molecule has 1 aromatic carbocycles. The van der Waals surface area contributed by atoms with Crippen molar-refractivity contribution in [2.45, 2.75) is 38.6 Å².